The van der Waals surface area contributed by atoms with Crippen LogP contribution in [0.4, 0.5) is 13.2 Å². The molecule has 4 rings (SSSR count). The summed E-state index contributed by atoms with van der Waals surface area (Å²) in [6.07, 6.45) is -7.41. The van der Waals surface area contributed by atoms with Crippen molar-refractivity contribution in [3.8, 4) is 23.0 Å². The van der Waals surface area contributed by atoms with E-state index >= 15 is 0 Å². The second-order valence-corrected chi connectivity index (χ2v) is 8.67. The Morgan fingerprint density at radius 2 is 1.86 bits per heavy atom. The molecule has 0 aliphatic carbocycles. The second kappa shape index (κ2) is 10.2. The van der Waals surface area contributed by atoms with Gasteiger partial charge in [-0.25, -0.2) is 14.5 Å². The first kappa shape index (κ1) is 26.2. The van der Waals surface area contributed by atoms with E-state index in [0.29, 0.717) is 21.8 Å². The predicted molar refractivity (Wildman–Crippen MR) is 127 cm³/mol. The largest absolute Gasteiger partial charge is 0.416 e. The van der Waals surface area contributed by atoms with Gasteiger partial charge in [-0.05, 0) is 42.8 Å². The van der Waals surface area contributed by atoms with Crippen molar-refractivity contribution in [2.24, 2.45) is 0 Å². The zero-order valence-electron chi connectivity index (χ0n) is 19.3. The van der Waals surface area contributed by atoms with E-state index in [0.717, 1.165) is 9.13 Å². The van der Waals surface area contributed by atoms with E-state index in [1.807, 2.05) is 6.07 Å². The smallest absolute Gasteiger partial charge is 0.385 e. The molecule has 9 nitrogen and oxygen atoms in total. The molecule has 0 aliphatic heterocycles. The van der Waals surface area contributed by atoms with Crippen molar-refractivity contribution < 1.29 is 23.4 Å². The highest BCUT2D eigenvalue weighted by molar-refractivity contribution is 6.30. The number of aromatic nitrogens is 5. The number of nitrogens with zero attached hydrogens (tertiary/aromatic N) is 6. The van der Waals surface area contributed by atoms with Crippen molar-refractivity contribution in [2.75, 3.05) is 0 Å². The summed E-state index contributed by atoms with van der Waals surface area (Å²) in [5.41, 5.74) is 0.520. The fourth-order valence-electron chi connectivity index (χ4n) is 3.70. The molecule has 0 saturated heterocycles. The third-order valence-corrected chi connectivity index (χ3v) is 5.75. The van der Waals surface area contributed by atoms with Gasteiger partial charge in [0.15, 0.2) is 17.8 Å². The van der Waals surface area contributed by atoms with Crippen LogP contribution in [-0.2, 0) is 13.1 Å². The van der Waals surface area contributed by atoms with E-state index in [1.54, 1.807) is 36.4 Å². The lowest BCUT2D eigenvalue weighted by molar-refractivity contribution is -0.207. The van der Waals surface area contributed by atoms with Crippen molar-refractivity contribution in [1.29, 1.82) is 5.26 Å². The minimum atomic E-state index is -4.93. The molecule has 2 aromatic heterocycles. The molecule has 2 heterocycles. The number of imidazole rings is 1. The Kier molecular flexibility index (Phi) is 7.22. The van der Waals surface area contributed by atoms with Crippen LogP contribution >= 0.6 is 11.6 Å². The third kappa shape index (κ3) is 5.59. The summed E-state index contributed by atoms with van der Waals surface area (Å²) < 4.78 is 42.5. The molecule has 0 saturated carbocycles. The number of aliphatic hydroxyl groups excluding tert-OH is 2. The Morgan fingerprint density at radius 1 is 1.16 bits per heavy atom. The molecule has 2 unspecified atom stereocenters. The van der Waals surface area contributed by atoms with Crippen molar-refractivity contribution in [3.05, 3.63) is 87.4 Å². The molecule has 0 fully saturated rings. The van der Waals surface area contributed by atoms with Gasteiger partial charge < -0.3 is 10.2 Å². The molecule has 0 bridgehead atoms. The number of aliphatic hydroxyl groups is 2. The summed E-state index contributed by atoms with van der Waals surface area (Å²) in [7, 11) is 0. The van der Waals surface area contributed by atoms with Gasteiger partial charge in [0, 0.05) is 11.2 Å². The summed E-state index contributed by atoms with van der Waals surface area (Å²) >= 11 is 5.92. The molecule has 0 aliphatic rings. The molecule has 2 aromatic carbocycles. The molecule has 0 amide bonds. The van der Waals surface area contributed by atoms with Crippen LogP contribution < -0.4 is 5.69 Å². The predicted octanol–water partition coefficient (Wildman–Crippen LogP) is 3.45. The maximum atomic E-state index is 13.1. The second-order valence-electron chi connectivity index (χ2n) is 8.24. The minimum absolute atomic E-state index is 0.0940. The molecule has 4 aromatic rings. The number of rotatable bonds is 7. The maximum Gasteiger partial charge on any atom is 0.416 e. The van der Waals surface area contributed by atoms with Crippen LogP contribution in [0.3, 0.4) is 0 Å². The molecule has 2 atom stereocenters. The average Bonchev–Trinajstić information content (AvgIpc) is 3.41. The van der Waals surface area contributed by atoms with E-state index in [9.17, 15) is 33.4 Å². The quantitative estimate of drug-likeness (QED) is 0.376. The van der Waals surface area contributed by atoms with Crippen molar-refractivity contribution >= 4 is 11.6 Å². The van der Waals surface area contributed by atoms with Gasteiger partial charge >= 0.3 is 11.9 Å². The van der Waals surface area contributed by atoms with Gasteiger partial charge in [0.05, 0.1) is 36.1 Å². The van der Waals surface area contributed by atoms with Gasteiger partial charge in [0.2, 0.25) is 0 Å². The normalized spacial score (nSPS) is 13.4. The lowest BCUT2D eigenvalue weighted by Gasteiger charge is -2.16. The summed E-state index contributed by atoms with van der Waals surface area (Å²) in [4.78, 5) is 17.5. The first-order chi connectivity index (χ1) is 17.5. The Morgan fingerprint density at radius 3 is 2.49 bits per heavy atom. The number of nitriles is 1. The van der Waals surface area contributed by atoms with Gasteiger partial charge in [-0.1, -0.05) is 29.8 Å². The van der Waals surface area contributed by atoms with Crippen LogP contribution in [0.15, 0.2) is 59.5 Å². The van der Waals surface area contributed by atoms with Crippen molar-refractivity contribution in [1.82, 2.24) is 23.9 Å². The molecule has 2 N–H and O–H groups in total. The number of alkyl halides is 3. The topological polar surface area (TPSA) is 122 Å². The SMILES string of the molecule is CC(O)c1nc(Cn2cc(-c3ccc(Cl)cc3)n(CC(O)C(F)(F)F)c2=O)nn1-c1cccc(C#N)c1. The van der Waals surface area contributed by atoms with E-state index in [-0.39, 0.29) is 23.9 Å². The Balaban J connectivity index is 1.77. The first-order valence-corrected chi connectivity index (χ1v) is 11.3. The highest BCUT2D eigenvalue weighted by Crippen LogP contribution is 2.25. The molecule has 37 heavy (non-hydrogen) atoms. The zero-order valence-corrected chi connectivity index (χ0v) is 20.0. The number of hydrogen-bond donors (Lipinski definition) is 2. The Hall–Kier alpha value is -3.92. The average molecular weight is 533 g/mol. The van der Waals surface area contributed by atoms with Gasteiger partial charge in [0.1, 0.15) is 6.10 Å². The van der Waals surface area contributed by atoms with Crippen LogP contribution in [0.25, 0.3) is 16.9 Å². The zero-order chi connectivity index (χ0) is 26.9. The molecular weight excluding hydrogens is 513 g/mol. The van der Waals surface area contributed by atoms with E-state index in [4.69, 9.17) is 11.6 Å². The molecule has 0 radical (unpaired) electrons. The summed E-state index contributed by atoms with van der Waals surface area (Å²) in [6, 6.07) is 14.6. The number of benzene rings is 2. The fraction of sp³-hybridized carbons (Fsp3) is 0.250. The highest BCUT2D eigenvalue weighted by atomic mass is 35.5. The highest BCUT2D eigenvalue weighted by Gasteiger charge is 2.39. The van der Waals surface area contributed by atoms with Gasteiger partial charge in [-0.3, -0.25) is 9.13 Å². The van der Waals surface area contributed by atoms with Crippen molar-refractivity contribution in [3.63, 3.8) is 0 Å². The molecule has 0 spiro atoms. The van der Waals surface area contributed by atoms with Gasteiger partial charge in [0.25, 0.3) is 0 Å². The molecular formula is C24H20ClF3N6O3. The lowest BCUT2D eigenvalue weighted by atomic mass is 10.1. The Labute approximate surface area is 213 Å². The minimum Gasteiger partial charge on any atom is -0.385 e. The van der Waals surface area contributed by atoms with E-state index in [1.165, 1.54) is 29.9 Å². The van der Waals surface area contributed by atoms with Gasteiger partial charge in [-0.2, -0.15) is 18.4 Å². The third-order valence-electron chi connectivity index (χ3n) is 5.50. The summed E-state index contributed by atoms with van der Waals surface area (Å²) in [6.45, 7) is 0.215. The van der Waals surface area contributed by atoms with Crippen LogP contribution in [0.2, 0.25) is 5.02 Å². The first-order valence-electron chi connectivity index (χ1n) is 10.9. The maximum absolute atomic E-state index is 13.1. The standard InChI is InChI=1S/C24H20ClF3N6O3/c1-14(35)22-30-21(31-34(22)18-4-2-3-15(9-18)10-29)13-32-11-19(16-5-7-17(25)8-6-16)33(23(32)37)12-20(36)24(26,27)28/h2-9,11,14,20,35-36H,12-13H2,1H3. The van der Waals surface area contributed by atoms with Crippen LogP contribution in [0, 0.1) is 11.3 Å². The van der Waals surface area contributed by atoms with Crippen LogP contribution in [0.1, 0.15) is 30.2 Å². The number of hydrogen-bond acceptors (Lipinski definition) is 6. The number of halogens is 4. The lowest BCUT2D eigenvalue weighted by Crippen LogP contribution is -2.37. The monoisotopic (exact) mass is 532 g/mol. The summed E-state index contributed by atoms with van der Waals surface area (Å²) in [5.74, 6) is 0.236. The molecule has 13 heteroatoms. The van der Waals surface area contributed by atoms with Gasteiger partial charge in [-0.15, -0.1) is 5.10 Å². The van der Waals surface area contributed by atoms with Crippen LogP contribution in [-0.4, -0.2) is 46.4 Å². The molecule has 192 valence electrons. The Bertz CT molecular complexity index is 1520. The van der Waals surface area contributed by atoms with Crippen LogP contribution in [0.5, 0.6) is 0 Å². The fourth-order valence-corrected chi connectivity index (χ4v) is 3.83. The van der Waals surface area contributed by atoms with E-state index in [2.05, 4.69) is 10.1 Å². The summed E-state index contributed by atoms with van der Waals surface area (Å²) in [5, 5.41) is 33.8. The van der Waals surface area contributed by atoms with E-state index < -0.39 is 30.6 Å². The van der Waals surface area contributed by atoms with Crippen molar-refractivity contribution in [2.45, 2.75) is 38.4 Å².